The predicted molar refractivity (Wildman–Crippen MR) is 46.4 cm³/mol. The summed E-state index contributed by atoms with van der Waals surface area (Å²) in [5.41, 5.74) is 0. The summed E-state index contributed by atoms with van der Waals surface area (Å²) in [5, 5.41) is 26.6. The topological polar surface area (TPSA) is 71.0 Å². The maximum absolute atomic E-state index is 9.55. The highest BCUT2D eigenvalue weighted by Gasteiger charge is 2.30. The molecule has 1 saturated carbocycles. The third-order valence-corrected chi connectivity index (χ3v) is 2.46. The Morgan fingerprint density at radius 3 is 2.23 bits per heavy atom. The molecule has 0 amide bonds. The van der Waals surface area contributed by atoms with Gasteiger partial charge in [-0.05, 0) is 19.3 Å². The average molecular weight is 179 g/mol. The van der Waals surface area contributed by atoms with Gasteiger partial charge < -0.3 is 5.11 Å². The zero-order valence-corrected chi connectivity index (χ0v) is 7.48. The molecule has 0 bridgehead atoms. The van der Waals surface area contributed by atoms with Crippen LogP contribution in [0.5, 0.6) is 0 Å². The Labute approximate surface area is 78.0 Å². The molecule has 4 nitrogen and oxygen atoms in total. The van der Waals surface area contributed by atoms with E-state index in [0.717, 1.165) is 19.3 Å². The molecule has 0 spiro atoms. The molecule has 1 rings (SSSR count). The number of rotatable bonds is 3. The number of hydrogen-bond acceptors (Lipinski definition) is 4. The van der Waals surface area contributed by atoms with Crippen LogP contribution in [-0.2, 0) is 0 Å². The summed E-state index contributed by atoms with van der Waals surface area (Å²) in [7, 11) is 0. The van der Waals surface area contributed by atoms with E-state index >= 15 is 0 Å². The Balaban J connectivity index is 2.54. The van der Waals surface area contributed by atoms with Crippen molar-refractivity contribution in [3.05, 3.63) is 0 Å². The summed E-state index contributed by atoms with van der Waals surface area (Å²) >= 11 is 0. The molecule has 0 heterocycles. The summed E-state index contributed by atoms with van der Waals surface area (Å²) in [6, 6.07) is 4.04. The van der Waals surface area contributed by atoms with E-state index in [1.54, 1.807) is 4.90 Å². The zero-order valence-electron chi connectivity index (χ0n) is 7.48. The van der Waals surface area contributed by atoms with Crippen LogP contribution in [-0.4, -0.2) is 35.2 Å². The third-order valence-electron chi connectivity index (χ3n) is 2.46. The number of hydrogen-bond donors (Lipinski definition) is 1. The minimum absolute atomic E-state index is 0.0132. The van der Waals surface area contributed by atoms with Crippen molar-refractivity contribution in [3.8, 4) is 12.1 Å². The van der Waals surface area contributed by atoms with Gasteiger partial charge >= 0.3 is 0 Å². The van der Waals surface area contributed by atoms with Crippen molar-refractivity contribution in [2.45, 2.75) is 31.4 Å². The normalized spacial score (nSPS) is 27.1. The van der Waals surface area contributed by atoms with Gasteiger partial charge in [0.05, 0.1) is 31.3 Å². The van der Waals surface area contributed by atoms with Gasteiger partial charge in [-0.2, -0.15) is 10.5 Å². The van der Waals surface area contributed by atoms with Gasteiger partial charge in [0, 0.05) is 6.04 Å². The van der Waals surface area contributed by atoms with Crippen LogP contribution in [0, 0.1) is 22.7 Å². The molecule has 0 radical (unpaired) electrons. The maximum Gasteiger partial charge on any atom is 0.0877 e. The van der Waals surface area contributed by atoms with Crippen LogP contribution in [0.4, 0.5) is 0 Å². The Morgan fingerprint density at radius 1 is 1.23 bits per heavy atom. The minimum Gasteiger partial charge on any atom is -0.391 e. The standard InChI is InChI=1S/C9H13N3O/c10-4-6-12(7-5-11)8-2-1-3-9(8)13/h8-9,13H,1-3,6-7H2/t8-,9-/m0/s1. The first-order valence-corrected chi connectivity index (χ1v) is 4.45. The minimum atomic E-state index is -0.360. The second kappa shape index (κ2) is 4.81. The van der Waals surface area contributed by atoms with Crippen LogP contribution in [0.1, 0.15) is 19.3 Å². The van der Waals surface area contributed by atoms with Crippen LogP contribution in [0.15, 0.2) is 0 Å². The highest BCUT2D eigenvalue weighted by molar-refractivity contribution is 4.93. The van der Waals surface area contributed by atoms with Crippen LogP contribution >= 0.6 is 0 Å². The molecule has 2 atom stereocenters. The zero-order chi connectivity index (χ0) is 9.68. The van der Waals surface area contributed by atoms with Crippen molar-refractivity contribution in [2.75, 3.05) is 13.1 Å². The molecule has 4 heteroatoms. The first kappa shape index (κ1) is 9.98. The Morgan fingerprint density at radius 2 is 1.85 bits per heavy atom. The van der Waals surface area contributed by atoms with Crippen LogP contribution in [0.25, 0.3) is 0 Å². The van der Waals surface area contributed by atoms with Crippen molar-refractivity contribution in [2.24, 2.45) is 0 Å². The fourth-order valence-corrected chi connectivity index (χ4v) is 1.82. The van der Waals surface area contributed by atoms with E-state index in [2.05, 4.69) is 0 Å². The van der Waals surface area contributed by atoms with E-state index in [1.165, 1.54) is 0 Å². The van der Waals surface area contributed by atoms with Gasteiger partial charge in [-0.3, -0.25) is 4.90 Å². The molecular formula is C9H13N3O. The third kappa shape index (κ3) is 2.42. The van der Waals surface area contributed by atoms with Crippen molar-refractivity contribution < 1.29 is 5.11 Å². The van der Waals surface area contributed by atoms with Gasteiger partial charge in [-0.1, -0.05) is 0 Å². The molecule has 0 aliphatic heterocycles. The number of nitriles is 2. The highest BCUT2D eigenvalue weighted by atomic mass is 16.3. The molecular weight excluding hydrogens is 166 g/mol. The lowest BCUT2D eigenvalue weighted by Gasteiger charge is -2.25. The molecule has 70 valence electrons. The fraction of sp³-hybridized carbons (Fsp3) is 0.778. The lowest BCUT2D eigenvalue weighted by Crippen LogP contribution is -2.40. The molecule has 0 unspecified atom stereocenters. The van der Waals surface area contributed by atoms with Gasteiger partial charge in [-0.15, -0.1) is 0 Å². The quantitative estimate of drug-likeness (QED) is 0.630. The Bertz CT molecular complexity index is 224. The van der Waals surface area contributed by atoms with Crippen LogP contribution in [0.3, 0.4) is 0 Å². The average Bonchev–Trinajstić information content (AvgIpc) is 2.51. The van der Waals surface area contributed by atoms with Gasteiger partial charge in [0.15, 0.2) is 0 Å². The van der Waals surface area contributed by atoms with E-state index in [4.69, 9.17) is 10.5 Å². The number of aliphatic hydroxyl groups excluding tert-OH is 1. The van der Waals surface area contributed by atoms with E-state index in [-0.39, 0.29) is 25.2 Å². The smallest absolute Gasteiger partial charge is 0.0877 e. The first-order chi connectivity index (χ1) is 6.29. The largest absolute Gasteiger partial charge is 0.391 e. The van der Waals surface area contributed by atoms with Crippen LogP contribution < -0.4 is 0 Å². The fourth-order valence-electron chi connectivity index (χ4n) is 1.82. The summed E-state index contributed by atoms with van der Waals surface area (Å²) < 4.78 is 0. The van der Waals surface area contributed by atoms with Gasteiger partial charge in [0.25, 0.3) is 0 Å². The summed E-state index contributed by atoms with van der Waals surface area (Å²) in [5.74, 6) is 0. The molecule has 1 aliphatic rings. The van der Waals surface area contributed by atoms with Gasteiger partial charge in [0.1, 0.15) is 0 Å². The first-order valence-electron chi connectivity index (χ1n) is 4.45. The van der Waals surface area contributed by atoms with E-state index in [0.29, 0.717) is 0 Å². The summed E-state index contributed by atoms with van der Waals surface area (Å²) in [4.78, 5) is 1.75. The SMILES string of the molecule is N#CCN(CC#N)[C@H]1CCC[C@@H]1O. The molecule has 0 aromatic heterocycles. The van der Waals surface area contributed by atoms with Gasteiger partial charge in [-0.25, -0.2) is 0 Å². The lowest BCUT2D eigenvalue weighted by molar-refractivity contribution is 0.0863. The molecule has 0 saturated heterocycles. The van der Waals surface area contributed by atoms with Crippen molar-refractivity contribution >= 4 is 0 Å². The van der Waals surface area contributed by atoms with Crippen LogP contribution in [0.2, 0.25) is 0 Å². The lowest BCUT2D eigenvalue weighted by atomic mass is 10.2. The van der Waals surface area contributed by atoms with Crippen molar-refractivity contribution in [1.82, 2.24) is 4.90 Å². The summed E-state index contributed by atoms with van der Waals surface area (Å²) in [6.45, 7) is 0.463. The second-order valence-corrected chi connectivity index (χ2v) is 3.29. The molecule has 0 aromatic carbocycles. The Kier molecular flexibility index (Phi) is 3.70. The molecule has 1 N–H and O–H groups in total. The molecule has 13 heavy (non-hydrogen) atoms. The summed E-state index contributed by atoms with van der Waals surface area (Å²) in [6.07, 6.45) is 2.31. The molecule has 0 aromatic rings. The monoisotopic (exact) mass is 179 g/mol. The van der Waals surface area contributed by atoms with E-state index in [1.807, 2.05) is 12.1 Å². The predicted octanol–water partition coefficient (Wildman–Crippen LogP) is 0.249. The molecule has 1 fully saturated rings. The second-order valence-electron chi connectivity index (χ2n) is 3.29. The number of nitrogens with zero attached hydrogens (tertiary/aromatic N) is 3. The molecule has 1 aliphatic carbocycles. The number of aliphatic hydroxyl groups is 1. The highest BCUT2D eigenvalue weighted by Crippen LogP contribution is 2.23. The van der Waals surface area contributed by atoms with Gasteiger partial charge in [0.2, 0.25) is 0 Å². The van der Waals surface area contributed by atoms with Crippen molar-refractivity contribution in [3.63, 3.8) is 0 Å². The van der Waals surface area contributed by atoms with E-state index < -0.39 is 0 Å². The Hall–Kier alpha value is -1.10. The van der Waals surface area contributed by atoms with Crippen molar-refractivity contribution in [1.29, 1.82) is 10.5 Å². The maximum atomic E-state index is 9.55. The van der Waals surface area contributed by atoms with E-state index in [9.17, 15) is 5.11 Å².